The minimum Gasteiger partial charge on any atom is -0.497 e. The van der Waals surface area contributed by atoms with E-state index in [1.807, 2.05) is 31.2 Å². The smallest absolute Gasteiger partial charge is 0.255 e. The normalized spacial score (nSPS) is 10.6. The van der Waals surface area contributed by atoms with E-state index < -0.39 is 0 Å². The van der Waals surface area contributed by atoms with Gasteiger partial charge in [-0.1, -0.05) is 12.1 Å². The second-order valence-corrected chi connectivity index (χ2v) is 5.23. The van der Waals surface area contributed by atoms with Gasteiger partial charge in [0.15, 0.2) is 5.82 Å². The van der Waals surface area contributed by atoms with E-state index in [1.165, 1.54) is 6.20 Å². The summed E-state index contributed by atoms with van der Waals surface area (Å²) in [6.45, 7) is 2.28. The zero-order valence-electron chi connectivity index (χ0n) is 13.5. The number of aromatic amines is 2. The Balaban J connectivity index is 1.68. The molecule has 8 nitrogen and oxygen atoms in total. The van der Waals surface area contributed by atoms with E-state index in [0.29, 0.717) is 35.8 Å². The molecule has 1 aromatic carbocycles. The van der Waals surface area contributed by atoms with E-state index in [-0.39, 0.29) is 5.91 Å². The Bertz CT molecular complexity index is 838. The minimum absolute atomic E-state index is 0.200. The van der Waals surface area contributed by atoms with Gasteiger partial charge in [0.1, 0.15) is 11.6 Å². The molecule has 1 amide bonds. The minimum atomic E-state index is -0.200. The Morgan fingerprint density at radius 1 is 1.33 bits per heavy atom. The number of H-pyrrole nitrogens is 2. The maximum atomic E-state index is 12.4. The summed E-state index contributed by atoms with van der Waals surface area (Å²) in [6.07, 6.45) is 2.07. The van der Waals surface area contributed by atoms with E-state index in [4.69, 9.17) is 4.74 Å². The van der Waals surface area contributed by atoms with Gasteiger partial charge in [0, 0.05) is 18.5 Å². The third-order valence-electron chi connectivity index (χ3n) is 3.52. The highest BCUT2D eigenvalue weighted by atomic mass is 16.5. The van der Waals surface area contributed by atoms with Crippen LogP contribution in [0.2, 0.25) is 0 Å². The van der Waals surface area contributed by atoms with Crippen molar-refractivity contribution >= 4 is 5.91 Å². The number of carbonyl (C=O) groups is 1. The Morgan fingerprint density at radius 3 is 2.96 bits per heavy atom. The molecule has 0 bridgehead atoms. The number of aromatic nitrogens is 5. The molecule has 0 saturated carbocycles. The van der Waals surface area contributed by atoms with Crippen LogP contribution in [0.25, 0.3) is 11.3 Å². The number of nitrogens with zero attached hydrogens (tertiary/aromatic N) is 3. The average Bonchev–Trinajstić information content (AvgIpc) is 3.24. The van der Waals surface area contributed by atoms with Crippen molar-refractivity contribution in [3.8, 4) is 17.0 Å². The van der Waals surface area contributed by atoms with Crippen LogP contribution in [0.5, 0.6) is 5.75 Å². The highest BCUT2D eigenvalue weighted by Gasteiger charge is 2.15. The zero-order valence-corrected chi connectivity index (χ0v) is 13.5. The molecule has 2 aromatic heterocycles. The number of ether oxygens (including phenoxy) is 1. The maximum absolute atomic E-state index is 12.4. The van der Waals surface area contributed by atoms with Crippen LogP contribution in [-0.4, -0.2) is 44.9 Å². The first-order valence-electron chi connectivity index (χ1n) is 7.51. The molecular weight excluding hydrogens is 308 g/mol. The van der Waals surface area contributed by atoms with Gasteiger partial charge in [0.25, 0.3) is 5.91 Å². The Hall–Kier alpha value is -3.16. The van der Waals surface area contributed by atoms with E-state index in [2.05, 4.69) is 30.7 Å². The van der Waals surface area contributed by atoms with Gasteiger partial charge in [-0.2, -0.15) is 10.2 Å². The predicted molar refractivity (Wildman–Crippen MR) is 87.7 cm³/mol. The van der Waals surface area contributed by atoms with E-state index in [9.17, 15) is 4.79 Å². The molecule has 0 aliphatic heterocycles. The van der Waals surface area contributed by atoms with E-state index in [1.54, 1.807) is 7.11 Å². The lowest BCUT2D eigenvalue weighted by Gasteiger charge is -2.06. The first kappa shape index (κ1) is 15.7. The molecule has 0 fully saturated rings. The van der Waals surface area contributed by atoms with Crippen LogP contribution < -0.4 is 10.1 Å². The van der Waals surface area contributed by atoms with Crippen molar-refractivity contribution in [2.24, 2.45) is 0 Å². The first-order valence-corrected chi connectivity index (χ1v) is 7.51. The zero-order chi connectivity index (χ0) is 16.9. The topological polar surface area (TPSA) is 109 Å². The van der Waals surface area contributed by atoms with Gasteiger partial charge in [0.2, 0.25) is 0 Å². The van der Waals surface area contributed by atoms with Crippen molar-refractivity contribution in [2.75, 3.05) is 13.7 Å². The molecule has 3 aromatic rings. The van der Waals surface area contributed by atoms with Crippen LogP contribution in [0.1, 0.15) is 22.0 Å². The van der Waals surface area contributed by atoms with Crippen molar-refractivity contribution in [1.82, 2.24) is 30.7 Å². The van der Waals surface area contributed by atoms with Gasteiger partial charge < -0.3 is 10.1 Å². The molecule has 2 heterocycles. The monoisotopic (exact) mass is 326 g/mol. The van der Waals surface area contributed by atoms with Crippen molar-refractivity contribution < 1.29 is 9.53 Å². The fraction of sp³-hybridized carbons (Fsp3) is 0.250. The van der Waals surface area contributed by atoms with Crippen LogP contribution in [0, 0.1) is 6.92 Å². The fourth-order valence-electron chi connectivity index (χ4n) is 2.34. The van der Waals surface area contributed by atoms with Crippen molar-refractivity contribution in [1.29, 1.82) is 0 Å². The largest absolute Gasteiger partial charge is 0.497 e. The molecule has 0 atom stereocenters. The predicted octanol–water partition coefficient (Wildman–Crippen LogP) is 1.48. The molecule has 124 valence electrons. The quantitative estimate of drug-likeness (QED) is 0.636. The highest BCUT2D eigenvalue weighted by molar-refractivity contribution is 5.99. The molecule has 24 heavy (non-hydrogen) atoms. The highest BCUT2D eigenvalue weighted by Crippen LogP contribution is 2.24. The van der Waals surface area contributed by atoms with Gasteiger partial charge >= 0.3 is 0 Å². The molecule has 0 saturated heterocycles. The Morgan fingerprint density at radius 2 is 2.21 bits per heavy atom. The number of benzene rings is 1. The van der Waals surface area contributed by atoms with E-state index in [0.717, 1.165) is 11.4 Å². The number of hydrogen-bond donors (Lipinski definition) is 3. The van der Waals surface area contributed by atoms with Crippen molar-refractivity contribution in [3.05, 3.63) is 47.7 Å². The summed E-state index contributed by atoms with van der Waals surface area (Å²) in [5.74, 6) is 1.95. The lowest BCUT2D eigenvalue weighted by atomic mass is 10.1. The summed E-state index contributed by atoms with van der Waals surface area (Å²) < 4.78 is 5.22. The molecule has 0 aliphatic carbocycles. The van der Waals surface area contributed by atoms with Crippen LogP contribution in [0.15, 0.2) is 30.5 Å². The molecule has 0 unspecified atom stereocenters. The lowest BCUT2D eigenvalue weighted by Crippen LogP contribution is -2.26. The number of rotatable bonds is 6. The summed E-state index contributed by atoms with van der Waals surface area (Å²) in [4.78, 5) is 16.6. The average molecular weight is 326 g/mol. The molecule has 3 N–H and O–H groups in total. The van der Waals surface area contributed by atoms with Crippen molar-refractivity contribution in [2.45, 2.75) is 13.3 Å². The number of carbonyl (C=O) groups excluding carboxylic acids is 1. The second-order valence-electron chi connectivity index (χ2n) is 5.23. The number of aryl methyl sites for hydroxylation is 1. The summed E-state index contributed by atoms with van der Waals surface area (Å²) in [6, 6.07) is 7.45. The number of methoxy groups -OCH3 is 1. The summed E-state index contributed by atoms with van der Waals surface area (Å²) in [5.41, 5.74) is 1.97. The second kappa shape index (κ2) is 6.95. The molecule has 0 radical (unpaired) electrons. The Labute approximate surface area is 138 Å². The van der Waals surface area contributed by atoms with Gasteiger partial charge in [0.05, 0.1) is 24.6 Å². The SMILES string of the molecule is COc1cccc(-c2[nH]ncc2C(=O)NCCc2n[nH]c(C)n2)c1. The molecule has 0 aliphatic rings. The van der Waals surface area contributed by atoms with Gasteiger partial charge in [-0.15, -0.1) is 0 Å². The molecule has 3 rings (SSSR count). The number of hydrogen-bond acceptors (Lipinski definition) is 5. The molecular formula is C16H18N6O2. The standard InChI is InChI=1S/C16H18N6O2/c1-10-19-14(21-20-10)6-7-17-16(23)13-9-18-22-15(13)11-4-3-5-12(8-11)24-2/h3-5,8-9H,6-7H2,1-2H3,(H,17,23)(H,18,22)(H,19,20,21). The Kier molecular flexibility index (Phi) is 4.55. The molecule has 8 heteroatoms. The van der Waals surface area contributed by atoms with Crippen LogP contribution in [0.3, 0.4) is 0 Å². The van der Waals surface area contributed by atoms with Crippen LogP contribution >= 0.6 is 0 Å². The first-order chi connectivity index (χ1) is 11.7. The number of nitrogens with one attached hydrogen (secondary N) is 3. The van der Waals surface area contributed by atoms with E-state index >= 15 is 0 Å². The lowest BCUT2D eigenvalue weighted by molar-refractivity contribution is 0.0954. The van der Waals surface area contributed by atoms with Gasteiger partial charge in [-0.25, -0.2) is 4.98 Å². The summed E-state index contributed by atoms with van der Waals surface area (Å²) in [5, 5.41) is 16.5. The molecule has 0 spiro atoms. The summed E-state index contributed by atoms with van der Waals surface area (Å²) >= 11 is 0. The fourth-order valence-corrected chi connectivity index (χ4v) is 2.34. The third kappa shape index (κ3) is 3.43. The maximum Gasteiger partial charge on any atom is 0.255 e. The van der Waals surface area contributed by atoms with Gasteiger partial charge in [-0.3, -0.25) is 15.0 Å². The summed E-state index contributed by atoms with van der Waals surface area (Å²) in [7, 11) is 1.60. The van der Waals surface area contributed by atoms with Crippen molar-refractivity contribution in [3.63, 3.8) is 0 Å². The van der Waals surface area contributed by atoms with Gasteiger partial charge in [-0.05, 0) is 19.1 Å². The van der Waals surface area contributed by atoms with Crippen LogP contribution in [-0.2, 0) is 6.42 Å². The number of amides is 1. The third-order valence-corrected chi connectivity index (χ3v) is 3.52. The van der Waals surface area contributed by atoms with Crippen LogP contribution in [0.4, 0.5) is 0 Å².